The number of carbonyl (C=O) groups excluding carboxylic acids is 3. The van der Waals surface area contributed by atoms with E-state index in [0.29, 0.717) is 23.4 Å². The molecule has 6 nitrogen and oxygen atoms in total. The first-order chi connectivity index (χ1) is 11.6. The van der Waals surface area contributed by atoms with Gasteiger partial charge in [-0.25, -0.2) is 0 Å². The van der Waals surface area contributed by atoms with Crippen LogP contribution in [0, 0.1) is 0 Å². The number of carbonyl (C=O) groups is 3. The van der Waals surface area contributed by atoms with Crippen LogP contribution >= 0.6 is 11.3 Å². The summed E-state index contributed by atoms with van der Waals surface area (Å²) < 4.78 is 10.2. The minimum Gasteiger partial charge on any atom is -0.482 e. The molecule has 0 radical (unpaired) electrons. The van der Waals surface area contributed by atoms with Crippen molar-refractivity contribution in [2.45, 2.75) is 12.8 Å². The maximum atomic E-state index is 12.1. The summed E-state index contributed by atoms with van der Waals surface area (Å²) in [6.45, 7) is -0.362. The van der Waals surface area contributed by atoms with Crippen LogP contribution in [0.25, 0.3) is 0 Å². The number of rotatable bonds is 6. The highest BCUT2D eigenvalue weighted by atomic mass is 32.1. The molecule has 7 heteroatoms. The van der Waals surface area contributed by atoms with Gasteiger partial charge in [-0.05, 0) is 36.1 Å². The molecule has 0 atom stereocenters. The zero-order valence-corrected chi connectivity index (χ0v) is 13.6. The maximum Gasteiger partial charge on any atom is 0.306 e. The molecule has 2 aromatic rings. The number of hydrogen-bond acceptors (Lipinski definition) is 6. The standard InChI is InChI=1S/C17H15NO5S/c19-14(9-23-17(21)6-4-12-2-1-7-24-12)11-3-5-15-13(8-11)18-16(20)10-22-15/h1-3,5,7-8H,4,6,9-10H2,(H,18,20). The molecule has 2 heterocycles. The number of thiophene rings is 1. The fraction of sp³-hybridized carbons (Fsp3) is 0.235. The van der Waals surface area contributed by atoms with Crippen molar-refractivity contribution in [3.8, 4) is 5.75 Å². The number of Topliss-reactive ketones (excluding diaryl/α,β-unsaturated/α-hetero) is 1. The van der Waals surface area contributed by atoms with Gasteiger partial charge < -0.3 is 14.8 Å². The van der Waals surface area contributed by atoms with Gasteiger partial charge in [0, 0.05) is 10.4 Å². The number of benzene rings is 1. The third kappa shape index (κ3) is 3.99. The molecule has 0 aliphatic carbocycles. The van der Waals surface area contributed by atoms with Gasteiger partial charge in [0.25, 0.3) is 5.91 Å². The Labute approximate surface area is 142 Å². The van der Waals surface area contributed by atoms with Crippen molar-refractivity contribution >= 4 is 34.7 Å². The van der Waals surface area contributed by atoms with Gasteiger partial charge in [-0.15, -0.1) is 11.3 Å². The fourth-order valence-electron chi connectivity index (χ4n) is 2.24. The van der Waals surface area contributed by atoms with Crippen molar-refractivity contribution < 1.29 is 23.9 Å². The number of esters is 1. The molecule has 1 aliphatic heterocycles. The zero-order valence-electron chi connectivity index (χ0n) is 12.7. The van der Waals surface area contributed by atoms with Gasteiger partial charge in [-0.1, -0.05) is 6.07 Å². The van der Waals surface area contributed by atoms with E-state index in [1.807, 2.05) is 17.5 Å². The van der Waals surface area contributed by atoms with Crippen LogP contribution in [0.2, 0.25) is 0 Å². The Morgan fingerprint density at radius 1 is 1.29 bits per heavy atom. The number of aryl methyl sites for hydroxylation is 1. The molecule has 24 heavy (non-hydrogen) atoms. The summed E-state index contributed by atoms with van der Waals surface area (Å²) >= 11 is 1.58. The summed E-state index contributed by atoms with van der Waals surface area (Å²) in [6.07, 6.45) is 0.842. The summed E-state index contributed by atoms with van der Waals surface area (Å²) in [5, 5.41) is 4.58. The topological polar surface area (TPSA) is 81.7 Å². The highest BCUT2D eigenvalue weighted by Crippen LogP contribution is 2.28. The lowest BCUT2D eigenvalue weighted by molar-refractivity contribution is -0.142. The predicted molar refractivity (Wildman–Crippen MR) is 88.5 cm³/mol. The van der Waals surface area contributed by atoms with Crippen LogP contribution < -0.4 is 10.1 Å². The van der Waals surface area contributed by atoms with E-state index < -0.39 is 5.97 Å². The molecule has 1 aliphatic rings. The molecule has 0 unspecified atom stereocenters. The third-order valence-corrected chi connectivity index (χ3v) is 4.39. The van der Waals surface area contributed by atoms with E-state index in [9.17, 15) is 14.4 Å². The number of ketones is 1. The Balaban J connectivity index is 1.52. The molecular weight excluding hydrogens is 330 g/mol. The molecule has 0 fully saturated rings. The average molecular weight is 345 g/mol. The highest BCUT2D eigenvalue weighted by Gasteiger charge is 2.18. The molecule has 0 spiro atoms. The second-order valence-corrected chi connectivity index (χ2v) is 6.24. The van der Waals surface area contributed by atoms with Crippen LogP contribution in [-0.4, -0.2) is 30.9 Å². The first-order valence-electron chi connectivity index (χ1n) is 7.40. The van der Waals surface area contributed by atoms with E-state index in [-0.39, 0.29) is 31.3 Å². The van der Waals surface area contributed by atoms with E-state index in [4.69, 9.17) is 9.47 Å². The number of anilines is 1. The van der Waals surface area contributed by atoms with E-state index >= 15 is 0 Å². The number of nitrogens with one attached hydrogen (secondary N) is 1. The van der Waals surface area contributed by atoms with Crippen molar-refractivity contribution in [1.29, 1.82) is 0 Å². The summed E-state index contributed by atoms with van der Waals surface area (Å²) in [7, 11) is 0. The van der Waals surface area contributed by atoms with E-state index in [1.54, 1.807) is 23.5 Å². The van der Waals surface area contributed by atoms with Crippen LogP contribution in [0.3, 0.4) is 0 Å². The molecule has 0 saturated heterocycles. The Morgan fingerprint density at radius 2 is 2.17 bits per heavy atom. The first-order valence-corrected chi connectivity index (χ1v) is 8.28. The molecule has 3 rings (SSSR count). The molecule has 1 N–H and O–H groups in total. The van der Waals surface area contributed by atoms with Crippen molar-refractivity contribution in [2.75, 3.05) is 18.5 Å². The molecule has 1 amide bonds. The van der Waals surface area contributed by atoms with Gasteiger partial charge in [-0.2, -0.15) is 0 Å². The molecular formula is C17H15NO5S. The number of hydrogen-bond donors (Lipinski definition) is 1. The van der Waals surface area contributed by atoms with Crippen LogP contribution in [0.4, 0.5) is 5.69 Å². The van der Waals surface area contributed by atoms with Gasteiger partial charge in [-0.3, -0.25) is 14.4 Å². The summed E-state index contributed by atoms with van der Waals surface area (Å²) in [4.78, 5) is 36.2. The highest BCUT2D eigenvalue weighted by molar-refractivity contribution is 7.09. The Morgan fingerprint density at radius 3 is 2.96 bits per heavy atom. The largest absolute Gasteiger partial charge is 0.482 e. The van der Waals surface area contributed by atoms with Crippen molar-refractivity contribution in [3.05, 3.63) is 46.2 Å². The van der Waals surface area contributed by atoms with Gasteiger partial charge >= 0.3 is 5.97 Å². The van der Waals surface area contributed by atoms with Crippen molar-refractivity contribution in [1.82, 2.24) is 0 Å². The smallest absolute Gasteiger partial charge is 0.306 e. The van der Waals surface area contributed by atoms with Crippen molar-refractivity contribution in [2.24, 2.45) is 0 Å². The summed E-state index contributed by atoms with van der Waals surface area (Å²) in [5.74, 6) is -0.500. The quantitative estimate of drug-likeness (QED) is 0.642. The zero-order chi connectivity index (χ0) is 16.9. The minimum absolute atomic E-state index is 0.0395. The predicted octanol–water partition coefficient (Wildman–Crippen LogP) is 2.44. The Hall–Kier alpha value is -2.67. The molecule has 0 saturated carbocycles. The van der Waals surface area contributed by atoms with E-state index in [0.717, 1.165) is 4.88 Å². The van der Waals surface area contributed by atoms with Crippen LogP contribution in [0.15, 0.2) is 35.7 Å². The number of ether oxygens (including phenoxy) is 2. The molecule has 1 aromatic heterocycles. The molecule has 0 bridgehead atoms. The van der Waals surface area contributed by atoms with Gasteiger partial charge in [0.2, 0.25) is 0 Å². The third-order valence-electron chi connectivity index (χ3n) is 3.45. The monoisotopic (exact) mass is 345 g/mol. The van der Waals surface area contributed by atoms with E-state index in [2.05, 4.69) is 5.32 Å². The van der Waals surface area contributed by atoms with Gasteiger partial charge in [0.1, 0.15) is 5.75 Å². The second kappa shape index (κ2) is 7.27. The van der Waals surface area contributed by atoms with Crippen LogP contribution in [0.5, 0.6) is 5.75 Å². The maximum absolute atomic E-state index is 12.1. The lowest BCUT2D eigenvalue weighted by Crippen LogP contribution is -2.25. The summed E-state index contributed by atoms with van der Waals surface area (Å²) in [6, 6.07) is 8.59. The number of fused-ring (bicyclic) bond motifs is 1. The minimum atomic E-state index is -0.411. The lowest BCUT2D eigenvalue weighted by atomic mass is 10.1. The average Bonchev–Trinajstić information content (AvgIpc) is 3.10. The SMILES string of the molecule is O=C1COc2ccc(C(=O)COC(=O)CCc3cccs3)cc2N1. The van der Waals surface area contributed by atoms with Crippen LogP contribution in [0.1, 0.15) is 21.7 Å². The fourth-order valence-corrected chi connectivity index (χ4v) is 2.95. The number of amides is 1. The van der Waals surface area contributed by atoms with Gasteiger partial charge in [0.05, 0.1) is 12.1 Å². The summed E-state index contributed by atoms with van der Waals surface area (Å²) in [5.41, 5.74) is 0.798. The Kier molecular flexibility index (Phi) is 4.90. The van der Waals surface area contributed by atoms with Crippen LogP contribution in [-0.2, 0) is 20.7 Å². The second-order valence-electron chi connectivity index (χ2n) is 5.21. The van der Waals surface area contributed by atoms with Gasteiger partial charge in [0.15, 0.2) is 19.0 Å². The first kappa shape index (κ1) is 16.2. The molecule has 1 aromatic carbocycles. The lowest BCUT2D eigenvalue weighted by Gasteiger charge is -2.18. The van der Waals surface area contributed by atoms with Crippen molar-refractivity contribution in [3.63, 3.8) is 0 Å². The molecule has 124 valence electrons. The van der Waals surface area contributed by atoms with E-state index in [1.165, 1.54) is 6.07 Å². The Bertz CT molecular complexity index is 769. The normalized spacial score (nSPS) is 12.8.